The zero-order valence-corrected chi connectivity index (χ0v) is 15.8. The summed E-state index contributed by atoms with van der Waals surface area (Å²) >= 11 is 6.12. The van der Waals surface area contributed by atoms with Crippen molar-refractivity contribution in [1.82, 2.24) is 15.0 Å². The van der Waals surface area contributed by atoms with Crippen LogP contribution in [0.4, 0.5) is 30.4 Å². The minimum atomic E-state index is -4.43. The number of carbonyl (C=O) groups is 1. The Hall–Kier alpha value is -3.20. The van der Waals surface area contributed by atoms with E-state index in [1.807, 2.05) is 6.92 Å². The Morgan fingerprint density at radius 2 is 1.83 bits per heavy atom. The minimum Gasteiger partial charge on any atom is -0.338 e. The van der Waals surface area contributed by atoms with E-state index >= 15 is 0 Å². The van der Waals surface area contributed by atoms with Crippen LogP contribution in [0.2, 0.25) is 5.15 Å². The van der Waals surface area contributed by atoms with Crippen molar-refractivity contribution >= 4 is 34.7 Å². The molecule has 2 heterocycles. The molecule has 1 aromatic carbocycles. The van der Waals surface area contributed by atoms with Crippen molar-refractivity contribution in [3.8, 4) is 0 Å². The number of aryl methyl sites for hydroxylation is 1. The van der Waals surface area contributed by atoms with Gasteiger partial charge < -0.3 is 10.6 Å². The van der Waals surface area contributed by atoms with Gasteiger partial charge in [0.05, 0.1) is 16.8 Å². The molecule has 0 unspecified atom stereocenters. The maximum Gasteiger partial charge on any atom is 0.416 e. The smallest absolute Gasteiger partial charge is 0.338 e. The van der Waals surface area contributed by atoms with Crippen LogP contribution in [0.25, 0.3) is 0 Å². The SMILES string of the molecule is CCc1ncccc1C(=O)Nc1c(Cl)ncnc1Nc1ccc(C(F)(F)F)cc1. The van der Waals surface area contributed by atoms with Gasteiger partial charge in [0.15, 0.2) is 11.0 Å². The summed E-state index contributed by atoms with van der Waals surface area (Å²) in [6.07, 6.45) is -1.12. The lowest BCUT2D eigenvalue weighted by molar-refractivity contribution is -0.137. The van der Waals surface area contributed by atoms with Crippen LogP contribution in [0.3, 0.4) is 0 Å². The summed E-state index contributed by atoms with van der Waals surface area (Å²) < 4.78 is 38.2. The van der Waals surface area contributed by atoms with Crippen LogP contribution in [-0.2, 0) is 12.6 Å². The van der Waals surface area contributed by atoms with Crippen molar-refractivity contribution in [2.45, 2.75) is 19.5 Å². The molecule has 3 aromatic rings. The first-order valence-electron chi connectivity index (χ1n) is 8.49. The molecule has 3 rings (SSSR count). The van der Waals surface area contributed by atoms with Crippen LogP contribution >= 0.6 is 11.6 Å². The molecule has 0 radical (unpaired) electrons. The molecular formula is C19H15ClF3N5O. The molecule has 1 amide bonds. The van der Waals surface area contributed by atoms with E-state index in [-0.39, 0.29) is 16.7 Å². The molecule has 150 valence electrons. The Kier molecular flexibility index (Phi) is 5.97. The van der Waals surface area contributed by atoms with Gasteiger partial charge in [0.1, 0.15) is 12.0 Å². The highest BCUT2D eigenvalue weighted by atomic mass is 35.5. The van der Waals surface area contributed by atoms with Crippen molar-refractivity contribution in [3.63, 3.8) is 0 Å². The van der Waals surface area contributed by atoms with Gasteiger partial charge in [0.25, 0.3) is 5.91 Å². The van der Waals surface area contributed by atoms with Crippen molar-refractivity contribution < 1.29 is 18.0 Å². The monoisotopic (exact) mass is 421 g/mol. The number of halogens is 4. The van der Waals surface area contributed by atoms with Gasteiger partial charge in [-0.2, -0.15) is 13.2 Å². The maximum atomic E-state index is 12.7. The Morgan fingerprint density at radius 3 is 2.48 bits per heavy atom. The number of benzene rings is 1. The quantitative estimate of drug-likeness (QED) is 0.560. The highest BCUT2D eigenvalue weighted by Crippen LogP contribution is 2.32. The third kappa shape index (κ3) is 4.80. The van der Waals surface area contributed by atoms with E-state index in [1.54, 1.807) is 18.3 Å². The number of alkyl halides is 3. The highest BCUT2D eigenvalue weighted by molar-refractivity contribution is 6.33. The van der Waals surface area contributed by atoms with Crippen molar-refractivity contribution in [2.24, 2.45) is 0 Å². The van der Waals surface area contributed by atoms with E-state index in [1.165, 1.54) is 18.5 Å². The summed E-state index contributed by atoms with van der Waals surface area (Å²) in [5, 5.41) is 5.47. The predicted octanol–water partition coefficient (Wildman–Crippen LogP) is 5.10. The third-order valence-electron chi connectivity index (χ3n) is 3.98. The fourth-order valence-electron chi connectivity index (χ4n) is 2.56. The summed E-state index contributed by atoms with van der Waals surface area (Å²) in [6.45, 7) is 1.87. The van der Waals surface area contributed by atoms with Crippen molar-refractivity contribution in [2.75, 3.05) is 10.6 Å². The summed E-state index contributed by atoms with van der Waals surface area (Å²) in [4.78, 5) is 24.7. The van der Waals surface area contributed by atoms with E-state index < -0.39 is 17.6 Å². The van der Waals surface area contributed by atoms with Gasteiger partial charge in [-0.15, -0.1) is 0 Å². The highest BCUT2D eigenvalue weighted by Gasteiger charge is 2.30. The molecule has 0 fully saturated rings. The molecule has 0 aliphatic rings. The van der Waals surface area contributed by atoms with E-state index in [0.29, 0.717) is 23.4 Å². The van der Waals surface area contributed by atoms with Gasteiger partial charge in [-0.05, 0) is 42.8 Å². The number of rotatable bonds is 5. The van der Waals surface area contributed by atoms with E-state index in [2.05, 4.69) is 25.6 Å². The first-order valence-corrected chi connectivity index (χ1v) is 8.87. The summed E-state index contributed by atoms with van der Waals surface area (Å²) in [6, 6.07) is 7.64. The topological polar surface area (TPSA) is 79.8 Å². The first-order chi connectivity index (χ1) is 13.8. The van der Waals surface area contributed by atoms with Gasteiger partial charge in [-0.25, -0.2) is 9.97 Å². The molecule has 0 saturated carbocycles. The van der Waals surface area contributed by atoms with Crippen LogP contribution in [0.1, 0.15) is 28.5 Å². The minimum absolute atomic E-state index is 0.0234. The second kappa shape index (κ2) is 8.44. The number of hydrogen-bond donors (Lipinski definition) is 2. The lowest BCUT2D eigenvalue weighted by Gasteiger charge is -2.14. The normalized spacial score (nSPS) is 11.2. The van der Waals surface area contributed by atoms with E-state index in [0.717, 1.165) is 12.1 Å². The summed E-state index contributed by atoms with van der Waals surface area (Å²) in [5.41, 5.74) is 0.635. The molecule has 29 heavy (non-hydrogen) atoms. The van der Waals surface area contributed by atoms with Gasteiger partial charge in [-0.1, -0.05) is 18.5 Å². The number of pyridine rings is 1. The number of nitrogens with one attached hydrogen (secondary N) is 2. The molecular weight excluding hydrogens is 407 g/mol. The second-order valence-corrected chi connectivity index (χ2v) is 6.25. The van der Waals surface area contributed by atoms with Gasteiger partial charge in [-0.3, -0.25) is 9.78 Å². The standard InChI is InChI=1S/C19H15ClF3N5O/c1-2-14-13(4-3-9-24-14)18(29)28-15-16(20)25-10-26-17(15)27-12-7-5-11(6-8-12)19(21,22)23/h3-10H,2H2,1H3,(H,28,29)(H,25,26,27). The zero-order chi connectivity index (χ0) is 21.0. The molecule has 2 N–H and O–H groups in total. The van der Waals surface area contributed by atoms with E-state index in [9.17, 15) is 18.0 Å². The van der Waals surface area contributed by atoms with Crippen LogP contribution in [0.15, 0.2) is 48.9 Å². The molecule has 0 aliphatic heterocycles. The number of aromatic nitrogens is 3. The number of nitrogens with zero attached hydrogens (tertiary/aromatic N) is 3. The van der Waals surface area contributed by atoms with Crippen LogP contribution in [0.5, 0.6) is 0 Å². The van der Waals surface area contributed by atoms with Crippen molar-refractivity contribution in [3.05, 3.63) is 70.9 Å². The van der Waals surface area contributed by atoms with E-state index in [4.69, 9.17) is 11.6 Å². The molecule has 2 aromatic heterocycles. The number of carbonyl (C=O) groups excluding carboxylic acids is 1. The lowest BCUT2D eigenvalue weighted by Crippen LogP contribution is -2.17. The maximum absolute atomic E-state index is 12.7. The molecule has 0 atom stereocenters. The third-order valence-corrected chi connectivity index (χ3v) is 4.27. The fraction of sp³-hybridized carbons (Fsp3) is 0.158. The Balaban J connectivity index is 1.87. The number of hydrogen-bond acceptors (Lipinski definition) is 5. The predicted molar refractivity (Wildman–Crippen MR) is 103 cm³/mol. The summed E-state index contributed by atoms with van der Waals surface area (Å²) in [5.74, 6) is -0.317. The Morgan fingerprint density at radius 1 is 1.10 bits per heavy atom. The van der Waals surface area contributed by atoms with Gasteiger partial charge in [0.2, 0.25) is 0 Å². The molecule has 10 heteroatoms. The lowest BCUT2D eigenvalue weighted by atomic mass is 10.1. The average Bonchev–Trinajstić information content (AvgIpc) is 2.70. The van der Waals surface area contributed by atoms with Gasteiger partial charge >= 0.3 is 6.18 Å². The fourth-order valence-corrected chi connectivity index (χ4v) is 2.74. The zero-order valence-electron chi connectivity index (χ0n) is 15.1. The Bertz CT molecular complexity index is 1030. The Labute approximate surface area is 169 Å². The average molecular weight is 422 g/mol. The van der Waals surface area contributed by atoms with Crippen LogP contribution in [0, 0.1) is 0 Å². The number of amides is 1. The second-order valence-electron chi connectivity index (χ2n) is 5.89. The summed E-state index contributed by atoms with van der Waals surface area (Å²) in [7, 11) is 0. The van der Waals surface area contributed by atoms with Crippen molar-refractivity contribution in [1.29, 1.82) is 0 Å². The molecule has 0 bridgehead atoms. The molecule has 0 spiro atoms. The molecule has 6 nitrogen and oxygen atoms in total. The first kappa shape index (κ1) is 20.5. The molecule has 0 aliphatic carbocycles. The largest absolute Gasteiger partial charge is 0.416 e. The number of anilines is 3. The molecule has 0 saturated heterocycles. The van der Waals surface area contributed by atoms with Crippen LogP contribution in [-0.4, -0.2) is 20.9 Å². The van der Waals surface area contributed by atoms with Crippen LogP contribution < -0.4 is 10.6 Å². The van der Waals surface area contributed by atoms with Gasteiger partial charge in [0, 0.05) is 11.9 Å².